The summed E-state index contributed by atoms with van der Waals surface area (Å²) in [5.41, 5.74) is -0.573. The first-order valence-electron chi connectivity index (χ1n) is 9.42. The van der Waals surface area contributed by atoms with Crippen molar-refractivity contribution < 1.29 is 36.9 Å². The Morgan fingerprint density at radius 1 is 1.23 bits per heavy atom. The van der Waals surface area contributed by atoms with E-state index in [0.717, 1.165) is 11.6 Å². The Balaban J connectivity index is 1.39. The number of halogens is 4. The van der Waals surface area contributed by atoms with Gasteiger partial charge in [0.25, 0.3) is 0 Å². The number of likely N-dealkylation sites (tertiary alicyclic amines) is 1. The molecule has 0 amide bonds. The van der Waals surface area contributed by atoms with Gasteiger partial charge in [-0.2, -0.15) is 13.2 Å². The van der Waals surface area contributed by atoms with Crippen molar-refractivity contribution in [2.75, 3.05) is 19.7 Å². The van der Waals surface area contributed by atoms with Crippen molar-refractivity contribution in [3.63, 3.8) is 0 Å². The molecule has 2 heterocycles. The van der Waals surface area contributed by atoms with Gasteiger partial charge < -0.3 is 14.6 Å². The average Bonchev–Trinajstić information content (AvgIpc) is 2.64. The number of hydrogen-bond acceptors (Lipinski definition) is 4. The molecule has 1 N–H and O–H groups in total. The van der Waals surface area contributed by atoms with Crippen LogP contribution in [0.4, 0.5) is 17.6 Å². The Morgan fingerprint density at radius 2 is 2.00 bits per heavy atom. The van der Waals surface area contributed by atoms with Gasteiger partial charge in [0.05, 0.1) is 11.5 Å². The van der Waals surface area contributed by atoms with Crippen LogP contribution in [0.25, 0.3) is 0 Å². The van der Waals surface area contributed by atoms with Crippen molar-refractivity contribution in [2.24, 2.45) is 5.92 Å². The smallest absolute Gasteiger partial charge is 0.419 e. The highest BCUT2D eigenvalue weighted by molar-refractivity contribution is 5.71. The molecule has 1 fully saturated rings. The van der Waals surface area contributed by atoms with Crippen molar-refractivity contribution in [3.05, 3.63) is 58.9 Å². The molecule has 2 aliphatic rings. The number of benzene rings is 2. The molecule has 0 saturated carbocycles. The van der Waals surface area contributed by atoms with Gasteiger partial charge in [-0.1, -0.05) is 18.2 Å². The second-order valence-electron chi connectivity index (χ2n) is 7.49. The van der Waals surface area contributed by atoms with E-state index in [-0.39, 0.29) is 24.1 Å². The maximum Gasteiger partial charge on any atom is 0.419 e. The van der Waals surface area contributed by atoms with Crippen LogP contribution < -0.4 is 9.47 Å². The zero-order chi connectivity index (χ0) is 21.5. The molecule has 4 rings (SSSR count). The summed E-state index contributed by atoms with van der Waals surface area (Å²) in [6.45, 7) is 1.07. The maximum atomic E-state index is 14.1. The first kappa shape index (κ1) is 20.5. The van der Waals surface area contributed by atoms with Gasteiger partial charge in [0.1, 0.15) is 30.5 Å². The first-order chi connectivity index (χ1) is 14.2. The van der Waals surface area contributed by atoms with Gasteiger partial charge in [-0.3, -0.25) is 9.69 Å². The van der Waals surface area contributed by atoms with E-state index >= 15 is 0 Å². The highest BCUT2D eigenvalue weighted by Crippen LogP contribution is 2.34. The number of hydrogen-bond donors (Lipinski definition) is 1. The number of carboxylic acid groups (broad SMARTS) is 1. The molecule has 9 heteroatoms. The Kier molecular flexibility index (Phi) is 5.31. The molecule has 0 spiro atoms. The third kappa shape index (κ3) is 4.07. The normalized spacial score (nSPS) is 19.5. The summed E-state index contributed by atoms with van der Waals surface area (Å²) in [5, 5.41) is 8.99. The van der Waals surface area contributed by atoms with Gasteiger partial charge in [-0.25, -0.2) is 4.39 Å². The minimum absolute atomic E-state index is 0.0964. The second-order valence-corrected chi connectivity index (χ2v) is 7.49. The third-order valence-corrected chi connectivity index (χ3v) is 5.48. The maximum absolute atomic E-state index is 14.1. The minimum Gasteiger partial charge on any atom is -0.492 e. The standard InChI is InChI=1S/C21H19F4NO4/c22-19-13(2-1-3-17(19)21(23,24)25)10-29-16-5-4-12-6-15(11-30-18(12)7-16)26-8-14(9-26)20(27)28/h1-5,7,14-15H,6,8-11H2,(H,27,28). The van der Waals surface area contributed by atoms with E-state index in [1.54, 1.807) is 18.2 Å². The van der Waals surface area contributed by atoms with Crippen LogP contribution in [0.1, 0.15) is 16.7 Å². The van der Waals surface area contributed by atoms with Gasteiger partial charge in [-0.05, 0) is 24.1 Å². The quantitative estimate of drug-likeness (QED) is 0.740. The molecule has 2 aromatic rings. The van der Waals surface area contributed by atoms with Gasteiger partial charge >= 0.3 is 12.1 Å². The van der Waals surface area contributed by atoms with Crippen LogP contribution in [0.3, 0.4) is 0 Å². The summed E-state index contributed by atoms with van der Waals surface area (Å²) in [6, 6.07) is 8.28. The number of ether oxygens (including phenoxy) is 2. The SMILES string of the molecule is O=C(O)C1CN(C2COc3cc(OCc4cccc(C(F)(F)F)c4F)ccc3C2)C1. The first-order valence-corrected chi connectivity index (χ1v) is 9.42. The Labute approximate surface area is 169 Å². The van der Waals surface area contributed by atoms with Gasteiger partial charge in [0.2, 0.25) is 0 Å². The van der Waals surface area contributed by atoms with Gasteiger partial charge in [0.15, 0.2) is 0 Å². The van der Waals surface area contributed by atoms with E-state index in [2.05, 4.69) is 4.90 Å². The van der Waals surface area contributed by atoms with Crippen molar-refractivity contribution >= 4 is 5.97 Å². The van der Waals surface area contributed by atoms with E-state index in [1.165, 1.54) is 6.07 Å². The molecule has 0 radical (unpaired) electrons. The molecule has 1 atom stereocenters. The van der Waals surface area contributed by atoms with E-state index in [0.29, 0.717) is 43.7 Å². The number of carboxylic acids is 1. The summed E-state index contributed by atoms with van der Waals surface area (Å²) in [4.78, 5) is 13.0. The zero-order valence-electron chi connectivity index (χ0n) is 15.8. The monoisotopic (exact) mass is 425 g/mol. The Hall–Kier alpha value is -2.81. The predicted octanol–water partition coefficient (Wildman–Crippen LogP) is 3.74. The highest BCUT2D eigenvalue weighted by Gasteiger charge is 2.38. The summed E-state index contributed by atoms with van der Waals surface area (Å²) < 4.78 is 63.9. The summed E-state index contributed by atoms with van der Waals surface area (Å²) in [7, 11) is 0. The van der Waals surface area contributed by atoms with E-state index in [4.69, 9.17) is 14.6 Å². The highest BCUT2D eigenvalue weighted by atomic mass is 19.4. The molecule has 2 aliphatic heterocycles. The minimum atomic E-state index is -4.77. The number of carbonyl (C=O) groups is 1. The Morgan fingerprint density at radius 3 is 2.70 bits per heavy atom. The van der Waals surface area contributed by atoms with Crippen LogP contribution in [0.15, 0.2) is 36.4 Å². The number of rotatable bonds is 5. The molecular formula is C21H19F4NO4. The number of aliphatic carboxylic acids is 1. The lowest BCUT2D eigenvalue weighted by Gasteiger charge is -2.43. The van der Waals surface area contributed by atoms with Crippen LogP contribution in [0.2, 0.25) is 0 Å². The van der Waals surface area contributed by atoms with Crippen molar-refractivity contribution in [1.82, 2.24) is 4.90 Å². The van der Waals surface area contributed by atoms with Crippen LogP contribution >= 0.6 is 0 Å². The van der Waals surface area contributed by atoms with Crippen molar-refractivity contribution in [2.45, 2.75) is 25.2 Å². The molecule has 0 aromatic heterocycles. The van der Waals surface area contributed by atoms with Crippen LogP contribution in [0, 0.1) is 11.7 Å². The fourth-order valence-electron chi connectivity index (χ4n) is 3.70. The largest absolute Gasteiger partial charge is 0.492 e. The zero-order valence-corrected chi connectivity index (χ0v) is 15.8. The van der Waals surface area contributed by atoms with Crippen molar-refractivity contribution in [3.8, 4) is 11.5 Å². The summed E-state index contributed by atoms with van der Waals surface area (Å²) in [6.07, 6.45) is -4.07. The lowest BCUT2D eigenvalue weighted by molar-refractivity contribution is -0.149. The van der Waals surface area contributed by atoms with E-state index in [9.17, 15) is 22.4 Å². The van der Waals surface area contributed by atoms with Crippen LogP contribution in [0.5, 0.6) is 11.5 Å². The number of alkyl halides is 3. The molecule has 5 nitrogen and oxygen atoms in total. The lowest BCUT2D eigenvalue weighted by atomic mass is 9.93. The fourth-order valence-corrected chi connectivity index (χ4v) is 3.70. The molecule has 1 unspecified atom stereocenters. The summed E-state index contributed by atoms with van der Waals surface area (Å²) in [5.74, 6) is -1.50. The third-order valence-electron chi connectivity index (χ3n) is 5.48. The molecule has 30 heavy (non-hydrogen) atoms. The molecule has 1 saturated heterocycles. The molecular weight excluding hydrogens is 406 g/mol. The molecule has 0 aliphatic carbocycles. The summed E-state index contributed by atoms with van der Waals surface area (Å²) >= 11 is 0. The van der Waals surface area contributed by atoms with Gasteiger partial charge in [-0.15, -0.1) is 0 Å². The number of fused-ring (bicyclic) bond motifs is 1. The van der Waals surface area contributed by atoms with E-state index in [1.807, 2.05) is 0 Å². The van der Waals surface area contributed by atoms with E-state index < -0.39 is 23.5 Å². The molecule has 0 bridgehead atoms. The molecule has 160 valence electrons. The second kappa shape index (κ2) is 7.79. The van der Waals surface area contributed by atoms with Crippen LogP contribution in [-0.2, 0) is 24.0 Å². The van der Waals surface area contributed by atoms with Crippen LogP contribution in [-0.4, -0.2) is 41.7 Å². The molecule has 2 aromatic carbocycles. The van der Waals surface area contributed by atoms with Crippen molar-refractivity contribution in [1.29, 1.82) is 0 Å². The topological polar surface area (TPSA) is 59.0 Å². The number of nitrogens with zero attached hydrogens (tertiary/aromatic N) is 1. The fraction of sp³-hybridized carbons (Fsp3) is 0.381. The average molecular weight is 425 g/mol. The Bertz CT molecular complexity index is 957. The lowest BCUT2D eigenvalue weighted by Crippen LogP contribution is -2.57. The predicted molar refractivity (Wildman–Crippen MR) is 97.9 cm³/mol. The van der Waals surface area contributed by atoms with Gasteiger partial charge in [0, 0.05) is 30.8 Å².